The molecule has 0 aliphatic rings. The molecule has 2 aromatic rings. The van der Waals surface area contributed by atoms with Gasteiger partial charge >= 0.3 is 11.9 Å². The number of hydrogen-bond donors (Lipinski definition) is 8. The Bertz CT molecular complexity index is 1070. The van der Waals surface area contributed by atoms with Crippen molar-refractivity contribution in [1.29, 1.82) is 0 Å². The maximum Gasteiger partial charge on any atom is 0.326 e. The van der Waals surface area contributed by atoms with E-state index in [1.54, 1.807) is 13.8 Å². The molecule has 15 nitrogen and oxygen atoms in total. The molecule has 38 heavy (non-hydrogen) atoms. The van der Waals surface area contributed by atoms with Crippen LogP contribution in [0.3, 0.4) is 0 Å². The van der Waals surface area contributed by atoms with E-state index in [-0.39, 0.29) is 19.3 Å². The van der Waals surface area contributed by atoms with E-state index in [9.17, 15) is 29.1 Å². The van der Waals surface area contributed by atoms with Gasteiger partial charge in [-0.1, -0.05) is 20.3 Å². The Kier molecular flexibility index (Phi) is 11.4. The second-order valence-corrected chi connectivity index (χ2v) is 8.93. The normalized spacial score (nSPS) is 14.9. The number of carbonyl (C=O) groups excluding carboxylic acids is 3. The maximum absolute atomic E-state index is 13.2. The molecule has 0 aromatic carbocycles. The first kappa shape index (κ1) is 30.0. The SMILES string of the molecule is CCC(C)C(NC(=O)C(CCC(=O)O)NC(=O)C(N)Cc1cnc[nH]1)C(=O)NC(Cc1cnc[nH]1)C(=O)O. The number of carbonyl (C=O) groups is 5. The number of amides is 3. The molecular weight excluding hydrogens is 500 g/mol. The molecule has 2 rings (SSSR count). The van der Waals surface area contributed by atoms with E-state index in [2.05, 4.69) is 35.9 Å². The minimum absolute atomic E-state index is 0.0617. The van der Waals surface area contributed by atoms with Crippen LogP contribution in [-0.2, 0) is 36.8 Å². The van der Waals surface area contributed by atoms with Crippen molar-refractivity contribution in [2.75, 3.05) is 0 Å². The molecule has 0 bridgehead atoms. The van der Waals surface area contributed by atoms with Gasteiger partial charge in [0.15, 0.2) is 0 Å². The fourth-order valence-corrected chi connectivity index (χ4v) is 3.57. The Labute approximate surface area is 218 Å². The standard InChI is InChI=1S/C23H34N8O7/c1-3-12(2)19(22(36)30-17(23(37)38)7-14-9-26-11-28-14)31-21(35)16(4-5-18(32)33)29-20(34)15(24)6-13-8-25-10-27-13/h8-12,15-17,19H,3-7,24H2,1-2H3,(H,25,27)(H,26,28)(H,29,34)(H,30,36)(H,31,35)(H,32,33)(H,37,38). The summed E-state index contributed by atoms with van der Waals surface area (Å²) in [6.45, 7) is 3.48. The van der Waals surface area contributed by atoms with Crippen LogP contribution in [-0.4, -0.2) is 84.0 Å². The molecule has 15 heteroatoms. The number of aromatic amines is 2. The van der Waals surface area contributed by atoms with E-state index in [4.69, 9.17) is 10.8 Å². The molecule has 0 aliphatic carbocycles. The molecule has 0 saturated carbocycles. The fraction of sp³-hybridized carbons (Fsp3) is 0.522. The van der Waals surface area contributed by atoms with Crippen molar-refractivity contribution in [3.63, 3.8) is 0 Å². The quantitative estimate of drug-likeness (QED) is 0.126. The summed E-state index contributed by atoms with van der Waals surface area (Å²) < 4.78 is 0. The van der Waals surface area contributed by atoms with Crippen molar-refractivity contribution >= 4 is 29.7 Å². The predicted octanol–water partition coefficient (Wildman–Crippen LogP) is -1.30. The minimum Gasteiger partial charge on any atom is -0.481 e. The van der Waals surface area contributed by atoms with Crippen LogP contribution >= 0.6 is 0 Å². The molecule has 5 atom stereocenters. The van der Waals surface area contributed by atoms with Gasteiger partial charge in [0.05, 0.1) is 18.7 Å². The highest BCUT2D eigenvalue weighted by atomic mass is 16.4. The van der Waals surface area contributed by atoms with Crippen LogP contribution in [0.15, 0.2) is 25.0 Å². The highest BCUT2D eigenvalue weighted by Gasteiger charge is 2.33. The van der Waals surface area contributed by atoms with Gasteiger partial charge in [-0.15, -0.1) is 0 Å². The molecule has 0 fully saturated rings. The van der Waals surface area contributed by atoms with Crippen molar-refractivity contribution in [1.82, 2.24) is 35.9 Å². The highest BCUT2D eigenvalue weighted by Crippen LogP contribution is 2.11. The van der Waals surface area contributed by atoms with Gasteiger partial charge in [0.2, 0.25) is 17.7 Å². The van der Waals surface area contributed by atoms with Crippen LogP contribution < -0.4 is 21.7 Å². The molecule has 0 spiro atoms. The number of imidazole rings is 2. The number of nitrogens with two attached hydrogens (primary N) is 1. The number of hydrogen-bond acceptors (Lipinski definition) is 8. The number of carboxylic acid groups (broad SMARTS) is 2. The second-order valence-electron chi connectivity index (χ2n) is 8.93. The van der Waals surface area contributed by atoms with Crippen LogP contribution in [0.4, 0.5) is 0 Å². The number of nitrogens with zero attached hydrogens (tertiary/aromatic N) is 2. The lowest BCUT2D eigenvalue weighted by molar-refractivity contribution is -0.142. The fourth-order valence-electron chi connectivity index (χ4n) is 3.57. The number of aromatic nitrogens is 4. The minimum atomic E-state index is -1.30. The lowest BCUT2D eigenvalue weighted by atomic mass is 9.96. The molecule has 208 valence electrons. The van der Waals surface area contributed by atoms with Crippen molar-refractivity contribution in [2.45, 2.75) is 70.1 Å². The molecule has 5 unspecified atom stereocenters. The topological polar surface area (TPSA) is 245 Å². The predicted molar refractivity (Wildman–Crippen MR) is 132 cm³/mol. The van der Waals surface area contributed by atoms with E-state index in [0.717, 1.165) is 0 Å². The Hall–Kier alpha value is -4.27. The van der Waals surface area contributed by atoms with Gasteiger partial charge < -0.3 is 41.9 Å². The molecule has 9 N–H and O–H groups in total. The van der Waals surface area contributed by atoms with E-state index in [0.29, 0.717) is 17.8 Å². The lowest BCUT2D eigenvalue weighted by Gasteiger charge is -2.28. The van der Waals surface area contributed by atoms with Crippen molar-refractivity contribution < 1.29 is 34.2 Å². The van der Waals surface area contributed by atoms with E-state index in [1.807, 2.05) is 0 Å². The number of nitrogens with one attached hydrogen (secondary N) is 5. The van der Waals surface area contributed by atoms with Crippen molar-refractivity contribution in [2.24, 2.45) is 11.7 Å². The Morgan fingerprint density at radius 2 is 1.47 bits per heavy atom. The van der Waals surface area contributed by atoms with Crippen molar-refractivity contribution in [3.05, 3.63) is 36.4 Å². The van der Waals surface area contributed by atoms with Crippen molar-refractivity contribution in [3.8, 4) is 0 Å². The van der Waals surface area contributed by atoms with Gasteiger partial charge in [0.1, 0.15) is 18.1 Å². The van der Waals surface area contributed by atoms with Crippen LogP contribution in [0, 0.1) is 5.92 Å². The summed E-state index contributed by atoms with van der Waals surface area (Å²) in [5.41, 5.74) is 7.02. The molecular formula is C23H34N8O7. The van der Waals surface area contributed by atoms with Gasteiger partial charge in [-0.3, -0.25) is 19.2 Å². The van der Waals surface area contributed by atoms with Gasteiger partial charge in [-0.2, -0.15) is 0 Å². The van der Waals surface area contributed by atoms with E-state index < -0.39 is 66.2 Å². The monoisotopic (exact) mass is 534 g/mol. The molecule has 0 radical (unpaired) electrons. The Morgan fingerprint density at radius 3 is 1.97 bits per heavy atom. The average Bonchev–Trinajstić information content (AvgIpc) is 3.58. The zero-order valence-electron chi connectivity index (χ0n) is 21.1. The first-order chi connectivity index (χ1) is 18.0. The van der Waals surface area contributed by atoms with Gasteiger partial charge in [-0.05, 0) is 12.3 Å². The third-order valence-electron chi connectivity index (χ3n) is 6.00. The largest absolute Gasteiger partial charge is 0.481 e. The summed E-state index contributed by atoms with van der Waals surface area (Å²) in [5, 5.41) is 26.1. The molecule has 2 aromatic heterocycles. The smallest absolute Gasteiger partial charge is 0.326 e. The average molecular weight is 535 g/mol. The van der Waals surface area contributed by atoms with Gasteiger partial charge in [-0.25, -0.2) is 14.8 Å². The summed E-state index contributed by atoms with van der Waals surface area (Å²) in [6.07, 6.45) is 5.54. The first-order valence-corrected chi connectivity index (χ1v) is 12.1. The molecule has 3 amide bonds. The van der Waals surface area contributed by atoms with Crippen LogP contribution in [0.5, 0.6) is 0 Å². The maximum atomic E-state index is 13.2. The molecule has 0 saturated heterocycles. The van der Waals surface area contributed by atoms with E-state index >= 15 is 0 Å². The number of carboxylic acids is 2. The number of rotatable bonds is 16. The van der Waals surface area contributed by atoms with Crippen LogP contribution in [0.1, 0.15) is 44.5 Å². The summed E-state index contributed by atoms with van der Waals surface area (Å²) >= 11 is 0. The summed E-state index contributed by atoms with van der Waals surface area (Å²) in [5.74, 6) is -5.11. The molecule has 0 aliphatic heterocycles. The third kappa shape index (κ3) is 9.31. The molecule has 2 heterocycles. The highest BCUT2D eigenvalue weighted by molar-refractivity contribution is 5.94. The van der Waals surface area contributed by atoms with Crippen LogP contribution in [0.25, 0.3) is 0 Å². The zero-order valence-corrected chi connectivity index (χ0v) is 21.1. The van der Waals surface area contributed by atoms with Gasteiger partial charge in [0.25, 0.3) is 0 Å². The Balaban J connectivity index is 2.13. The summed E-state index contributed by atoms with van der Waals surface area (Å²) in [6, 6.07) is -4.80. The van der Waals surface area contributed by atoms with Crippen LogP contribution in [0.2, 0.25) is 0 Å². The number of H-pyrrole nitrogens is 2. The Morgan fingerprint density at radius 1 is 0.895 bits per heavy atom. The zero-order chi connectivity index (χ0) is 28.2. The summed E-state index contributed by atoms with van der Waals surface area (Å²) in [7, 11) is 0. The first-order valence-electron chi connectivity index (χ1n) is 12.1. The van der Waals surface area contributed by atoms with Gasteiger partial charge in [0, 0.05) is 43.0 Å². The second kappa shape index (κ2) is 14.5. The third-order valence-corrected chi connectivity index (χ3v) is 6.00. The summed E-state index contributed by atoms with van der Waals surface area (Å²) in [4.78, 5) is 75.1. The number of aliphatic carboxylic acids is 2. The van der Waals surface area contributed by atoms with E-state index in [1.165, 1.54) is 25.0 Å². The lowest BCUT2D eigenvalue weighted by Crippen LogP contribution is -2.59.